The minimum Gasteiger partial charge on any atom is -0.352 e. The van der Waals surface area contributed by atoms with Gasteiger partial charge in [-0.1, -0.05) is 24.3 Å². The summed E-state index contributed by atoms with van der Waals surface area (Å²) in [5, 5.41) is 9.09. The molecule has 3 heterocycles. The molecule has 0 saturated heterocycles. The molecule has 7 nitrogen and oxygen atoms in total. The molecule has 0 fully saturated rings. The Bertz CT molecular complexity index is 1150. The van der Waals surface area contributed by atoms with E-state index in [-0.39, 0.29) is 11.1 Å². The monoisotopic (exact) mass is 348 g/mol. The van der Waals surface area contributed by atoms with E-state index in [1.54, 1.807) is 17.1 Å². The van der Waals surface area contributed by atoms with Crippen LogP contribution >= 0.6 is 0 Å². The van der Waals surface area contributed by atoms with Gasteiger partial charge in [-0.25, -0.2) is 4.68 Å². The van der Waals surface area contributed by atoms with Crippen LogP contribution in [0.3, 0.4) is 0 Å². The Labute approximate surface area is 150 Å². The first-order valence-electron chi connectivity index (χ1n) is 8.48. The van der Waals surface area contributed by atoms with E-state index in [9.17, 15) is 4.79 Å². The lowest BCUT2D eigenvalue weighted by molar-refractivity contribution is 0.366. The van der Waals surface area contributed by atoms with E-state index < -0.39 is 0 Å². The molecule has 0 aliphatic carbocycles. The average molecular weight is 348 g/mol. The lowest BCUT2D eigenvalue weighted by atomic mass is 10.1. The smallest absolute Gasteiger partial charge is 0.263 e. The normalized spacial score (nSPS) is 12.0. The number of fused-ring (bicyclic) bond motifs is 2. The number of para-hydroxylation sites is 1. The third-order valence-electron chi connectivity index (χ3n) is 4.24. The number of pyridine rings is 1. The Balaban J connectivity index is 1.70. The van der Waals surface area contributed by atoms with Crippen molar-refractivity contribution in [2.45, 2.75) is 32.9 Å². The lowest BCUT2D eigenvalue weighted by Crippen LogP contribution is -2.24. The van der Waals surface area contributed by atoms with Crippen molar-refractivity contribution in [3.63, 3.8) is 0 Å². The van der Waals surface area contributed by atoms with Gasteiger partial charge in [-0.2, -0.15) is 10.1 Å². The number of aromatic nitrogens is 5. The van der Waals surface area contributed by atoms with Crippen LogP contribution in [0, 0.1) is 0 Å². The van der Waals surface area contributed by atoms with E-state index in [1.165, 1.54) is 0 Å². The first-order chi connectivity index (χ1) is 12.4. The van der Waals surface area contributed by atoms with Gasteiger partial charge in [-0.15, -0.1) is 0 Å². The molecular formula is C19H20N6O. The predicted octanol–water partition coefficient (Wildman–Crippen LogP) is 3.03. The number of rotatable bonds is 3. The maximum atomic E-state index is 12.4. The summed E-state index contributed by atoms with van der Waals surface area (Å²) < 4.78 is 1.77. The molecule has 0 bridgehead atoms. The molecule has 0 unspecified atom stereocenters. The second kappa shape index (κ2) is 5.94. The molecule has 0 radical (unpaired) electrons. The van der Waals surface area contributed by atoms with E-state index in [0.717, 1.165) is 16.5 Å². The highest BCUT2D eigenvalue weighted by atomic mass is 16.1. The highest BCUT2D eigenvalue weighted by molar-refractivity contribution is 5.81. The fourth-order valence-corrected chi connectivity index (χ4v) is 2.98. The molecule has 2 N–H and O–H groups in total. The molecule has 0 aliphatic heterocycles. The topological polar surface area (TPSA) is 88.5 Å². The van der Waals surface area contributed by atoms with Crippen LogP contribution in [0.2, 0.25) is 0 Å². The standard InChI is InChI=1S/C19H20N6O/c1-19(2,3)25-16-14(11-22-25)17(26)24-18(23-16)21-10-13-7-4-6-12-8-5-9-20-15(12)13/h4-9,11H,10H2,1-3H3,(H2,21,23,24,26). The second-order valence-corrected chi connectivity index (χ2v) is 7.22. The predicted molar refractivity (Wildman–Crippen MR) is 102 cm³/mol. The quantitative estimate of drug-likeness (QED) is 0.594. The van der Waals surface area contributed by atoms with Gasteiger partial charge in [-0.05, 0) is 32.4 Å². The molecule has 0 saturated carbocycles. The number of anilines is 1. The highest BCUT2D eigenvalue weighted by Crippen LogP contribution is 2.20. The second-order valence-electron chi connectivity index (χ2n) is 7.22. The summed E-state index contributed by atoms with van der Waals surface area (Å²) in [5.41, 5.74) is 2.07. The van der Waals surface area contributed by atoms with Gasteiger partial charge in [0.1, 0.15) is 5.39 Å². The van der Waals surface area contributed by atoms with Crippen LogP contribution < -0.4 is 10.9 Å². The fourth-order valence-electron chi connectivity index (χ4n) is 2.98. The summed E-state index contributed by atoms with van der Waals surface area (Å²) in [6, 6.07) is 9.98. The Kier molecular flexibility index (Phi) is 3.72. The van der Waals surface area contributed by atoms with E-state index in [0.29, 0.717) is 23.5 Å². The van der Waals surface area contributed by atoms with Crippen molar-refractivity contribution in [2.75, 3.05) is 5.32 Å². The molecule has 0 amide bonds. The molecule has 7 heteroatoms. The van der Waals surface area contributed by atoms with Crippen molar-refractivity contribution in [1.29, 1.82) is 0 Å². The van der Waals surface area contributed by atoms with Crippen molar-refractivity contribution in [3.05, 3.63) is 58.6 Å². The van der Waals surface area contributed by atoms with Crippen molar-refractivity contribution in [3.8, 4) is 0 Å². The van der Waals surface area contributed by atoms with Gasteiger partial charge >= 0.3 is 0 Å². The number of aromatic amines is 1. The zero-order valence-electron chi connectivity index (χ0n) is 14.9. The van der Waals surface area contributed by atoms with E-state index in [1.807, 2.05) is 51.1 Å². The van der Waals surface area contributed by atoms with Crippen molar-refractivity contribution >= 4 is 27.9 Å². The van der Waals surface area contributed by atoms with Crippen molar-refractivity contribution in [2.24, 2.45) is 0 Å². The largest absolute Gasteiger partial charge is 0.352 e. The molecule has 26 heavy (non-hydrogen) atoms. The highest BCUT2D eigenvalue weighted by Gasteiger charge is 2.19. The summed E-state index contributed by atoms with van der Waals surface area (Å²) in [5.74, 6) is 0.418. The Hall–Kier alpha value is -3.22. The molecule has 4 rings (SSSR count). The van der Waals surface area contributed by atoms with Gasteiger partial charge in [0.15, 0.2) is 5.65 Å². The molecule has 132 valence electrons. The average Bonchev–Trinajstić information content (AvgIpc) is 3.05. The van der Waals surface area contributed by atoms with Gasteiger partial charge in [-0.3, -0.25) is 14.8 Å². The van der Waals surface area contributed by atoms with Crippen molar-refractivity contribution in [1.82, 2.24) is 24.7 Å². The zero-order valence-corrected chi connectivity index (χ0v) is 14.9. The van der Waals surface area contributed by atoms with Crippen LogP contribution in [0.15, 0.2) is 47.5 Å². The summed E-state index contributed by atoms with van der Waals surface area (Å²) >= 11 is 0. The number of benzene rings is 1. The van der Waals surface area contributed by atoms with E-state index in [4.69, 9.17) is 0 Å². The number of nitrogens with one attached hydrogen (secondary N) is 2. The maximum absolute atomic E-state index is 12.4. The molecule has 4 aromatic rings. The molecular weight excluding hydrogens is 328 g/mol. The molecule has 0 aliphatic rings. The van der Waals surface area contributed by atoms with Gasteiger partial charge in [0.05, 0.1) is 17.3 Å². The SMILES string of the molecule is CC(C)(C)n1ncc2c(=O)[nH]c(NCc3cccc4cccnc34)nc21. The Morgan fingerprint density at radius 1 is 1.19 bits per heavy atom. The van der Waals surface area contributed by atoms with Gasteiger partial charge in [0, 0.05) is 18.1 Å². The van der Waals surface area contributed by atoms with Gasteiger partial charge < -0.3 is 5.32 Å². The number of hydrogen-bond acceptors (Lipinski definition) is 5. The Morgan fingerprint density at radius 3 is 2.81 bits per heavy atom. The summed E-state index contributed by atoms with van der Waals surface area (Å²) in [7, 11) is 0. The summed E-state index contributed by atoms with van der Waals surface area (Å²) in [6.07, 6.45) is 3.34. The number of hydrogen-bond donors (Lipinski definition) is 2. The first kappa shape index (κ1) is 16.3. The molecule has 0 spiro atoms. The lowest BCUT2D eigenvalue weighted by Gasteiger charge is -2.19. The minimum absolute atomic E-state index is 0.205. The fraction of sp³-hybridized carbons (Fsp3) is 0.263. The van der Waals surface area contributed by atoms with Gasteiger partial charge in [0.2, 0.25) is 5.95 Å². The third kappa shape index (κ3) is 2.81. The molecule has 3 aromatic heterocycles. The van der Waals surface area contributed by atoms with Crippen LogP contribution in [-0.2, 0) is 12.1 Å². The zero-order chi connectivity index (χ0) is 18.3. The number of H-pyrrole nitrogens is 1. The molecule has 1 aromatic carbocycles. The van der Waals surface area contributed by atoms with Crippen molar-refractivity contribution < 1.29 is 0 Å². The van der Waals surface area contributed by atoms with Gasteiger partial charge in [0.25, 0.3) is 5.56 Å². The molecule has 0 atom stereocenters. The summed E-state index contributed by atoms with van der Waals surface area (Å²) in [6.45, 7) is 6.58. The van der Waals surface area contributed by atoms with E-state index in [2.05, 4.69) is 25.4 Å². The Morgan fingerprint density at radius 2 is 2.00 bits per heavy atom. The minimum atomic E-state index is -0.265. The van der Waals surface area contributed by atoms with Crippen LogP contribution in [-0.4, -0.2) is 24.7 Å². The van der Waals surface area contributed by atoms with Crippen LogP contribution in [0.1, 0.15) is 26.3 Å². The van der Waals surface area contributed by atoms with Crippen LogP contribution in [0.25, 0.3) is 21.9 Å². The summed E-state index contributed by atoms with van der Waals surface area (Å²) in [4.78, 5) is 24.2. The van der Waals surface area contributed by atoms with Crippen LogP contribution in [0.4, 0.5) is 5.95 Å². The third-order valence-corrected chi connectivity index (χ3v) is 4.24. The number of nitrogens with zero attached hydrogens (tertiary/aromatic N) is 4. The maximum Gasteiger partial charge on any atom is 0.263 e. The van der Waals surface area contributed by atoms with E-state index >= 15 is 0 Å². The van der Waals surface area contributed by atoms with Crippen LogP contribution in [0.5, 0.6) is 0 Å². The first-order valence-corrected chi connectivity index (χ1v) is 8.48.